The van der Waals surface area contributed by atoms with Crippen molar-refractivity contribution >= 4 is 34.4 Å². The van der Waals surface area contributed by atoms with Crippen LogP contribution in [-0.2, 0) is 13.2 Å². The largest absolute Gasteiger partial charge is 0.471 e. The zero-order valence-corrected chi connectivity index (χ0v) is 19.5. The van der Waals surface area contributed by atoms with Gasteiger partial charge in [0.1, 0.15) is 37.8 Å². The van der Waals surface area contributed by atoms with Crippen molar-refractivity contribution in [2.24, 2.45) is 0 Å². The van der Waals surface area contributed by atoms with Gasteiger partial charge in [0.2, 0.25) is 5.88 Å². The molecule has 192 valence electrons. The molecule has 2 aromatic carbocycles. The van der Waals surface area contributed by atoms with Crippen LogP contribution in [0.4, 0.5) is 8.78 Å². The first-order valence-electron chi connectivity index (χ1n) is 10.5. The number of hydrogen-bond acceptors (Lipinski definition) is 8. The number of aromatic nitrogens is 4. The fourth-order valence-electron chi connectivity index (χ4n) is 3.61. The van der Waals surface area contributed by atoms with Crippen LogP contribution < -0.4 is 16.0 Å². The third-order valence-electron chi connectivity index (χ3n) is 5.36. The highest BCUT2D eigenvalue weighted by molar-refractivity contribution is 6.31. The molecule has 4 rings (SSSR count). The number of fused-ring (bicyclic) bond motifs is 1. The molecule has 4 aromatic rings. The highest BCUT2D eigenvalue weighted by atomic mass is 35.5. The topological polar surface area (TPSA) is 146 Å². The fraction of sp³-hybridized carbons (Fsp3) is 0.174. The molecular formula is C23H17ClF2N4O7. The Hall–Kier alpha value is -4.20. The van der Waals surface area contributed by atoms with E-state index >= 15 is 0 Å². The zero-order chi connectivity index (χ0) is 26.9. The summed E-state index contributed by atoms with van der Waals surface area (Å²) in [6.07, 6.45) is 1.11. The van der Waals surface area contributed by atoms with Crippen LogP contribution in [-0.4, -0.2) is 53.9 Å². The average Bonchev–Trinajstić information content (AvgIpc) is 3.17. The van der Waals surface area contributed by atoms with E-state index in [-0.39, 0.29) is 35.6 Å². The first-order valence-corrected chi connectivity index (χ1v) is 10.9. The van der Waals surface area contributed by atoms with Crippen molar-refractivity contribution in [2.45, 2.75) is 13.2 Å². The summed E-state index contributed by atoms with van der Waals surface area (Å²) in [6, 6.07) is 7.08. The number of halogens is 3. The molecule has 2 heterocycles. The smallest absolute Gasteiger partial charge is 0.342 e. The number of carbonyl (C=O) groups excluding carboxylic acids is 2. The van der Waals surface area contributed by atoms with Gasteiger partial charge in [0.15, 0.2) is 5.02 Å². The fourth-order valence-corrected chi connectivity index (χ4v) is 3.82. The zero-order valence-electron chi connectivity index (χ0n) is 18.7. The van der Waals surface area contributed by atoms with Crippen LogP contribution >= 0.6 is 11.6 Å². The molecule has 0 aliphatic heterocycles. The Labute approximate surface area is 210 Å². The van der Waals surface area contributed by atoms with Gasteiger partial charge in [0.05, 0.1) is 17.6 Å². The van der Waals surface area contributed by atoms with Crippen LogP contribution in [0.25, 0.3) is 11.0 Å². The van der Waals surface area contributed by atoms with Gasteiger partial charge >= 0.3 is 5.69 Å². The van der Waals surface area contributed by atoms with E-state index in [4.69, 9.17) is 16.3 Å². The second-order valence-corrected chi connectivity index (χ2v) is 8.08. The van der Waals surface area contributed by atoms with Crippen molar-refractivity contribution in [3.8, 4) is 5.88 Å². The van der Waals surface area contributed by atoms with Crippen molar-refractivity contribution in [3.63, 3.8) is 0 Å². The van der Waals surface area contributed by atoms with Crippen LogP contribution in [0.15, 0.2) is 52.3 Å². The van der Waals surface area contributed by atoms with Gasteiger partial charge in [-0.1, -0.05) is 17.7 Å². The summed E-state index contributed by atoms with van der Waals surface area (Å²) in [5.41, 5.74) is -1.39. The molecule has 0 amide bonds. The summed E-state index contributed by atoms with van der Waals surface area (Å²) >= 11 is 6.09. The number of hydrogen-bond donors (Lipinski definition) is 2. The Balaban J connectivity index is 1.65. The van der Waals surface area contributed by atoms with Crippen LogP contribution in [0.1, 0.15) is 20.7 Å². The predicted octanol–water partition coefficient (Wildman–Crippen LogP) is 1.18. The third-order valence-corrected chi connectivity index (χ3v) is 5.68. The van der Waals surface area contributed by atoms with E-state index in [0.29, 0.717) is 20.8 Å². The number of benzene rings is 2. The van der Waals surface area contributed by atoms with E-state index in [0.717, 1.165) is 17.0 Å². The normalized spacial score (nSPS) is 11.2. The SMILES string of the molecule is O=C(CO)n1c(=O)n(C(=O)CO)c2cc(Cn3cnc(OCc4ccc(F)cc4F)c(Cl)c3=O)ccc21. The van der Waals surface area contributed by atoms with E-state index in [1.165, 1.54) is 24.3 Å². The number of ether oxygens (including phenoxy) is 1. The Bertz CT molecular complexity index is 1660. The summed E-state index contributed by atoms with van der Waals surface area (Å²) in [5, 5.41) is 18.0. The third kappa shape index (κ3) is 4.91. The van der Waals surface area contributed by atoms with Crippen LogP contribution in [0.3, 0.4) is 0 Å². The Morgan fingerprint density at radius 3 is 2.30 bits per heavy atom. The average molecular weight is 535 g/mol. The molecular weight excluding hydrogens is 518 g/mol. The maximum absolute atomic E-state index is 13.8. The lowest BCUT2D eigenvalue weighted by molar-refractivity contribution is 0.0802. The summed E-state index contributed by atoms with van der Waals surface area (Å²) < 4.78 is 34.5. The summed E-state index contributed by atoms with van der Waals surface area (Å²) in [5.74, 6) is -3.85. The molecule has 2 N–H and O–H groups in total. The van der Waals surface area contributed by atoms with Gasteiger partial charge in [-0.15, -0.1) is 0 Å². The van der Waals surface area contributed by atoms with Crippen LogP contribution in [0.5, 0.6) is 5.88 Å². The van der Waals surface area contributed by atoms with Crippen molar-refractivity contribution in [1.29, 1.82) is 0 Å². The summed E-state index contributed by atoms with van der Waals surface area (Å²) in [7, 11) is 0. The maximum Gasteiger partial charge on any atom is 0.342 e. The van der Waals surface area contributed by atoms with Gasteiger partial charge < -0.3 is 14.9 Å². The molecule has 14 heteroatoms. The first-order chi connectivity index (χ1) is 17.7. The number of imidazole rings is 1. The Morgan fingerprint density at radius 2 is 1.65 bits per heavy atom. The van der Waals surface area contributed by atoms with Gasteiger partial charge in [-0.3, -0.25) is 19.0 Å². The van der Waals surface area contributed by atoms with Crippen LogP contribution in [0, 0.1) is 11.6 Å². The molecule has 0 saturated carbocycles. The number of aliphatic hydroxyl groups excluding tert-OH is 2. The van der Waals surface area contributed by atoms with E-state index in [2.05, 4.69) is 4.98 Å². The highest BCUT2D eigenvalue weighted by Gasteiger charge is 2.22. The van der Waals surface area contributed by atoms with Gasteiger partial charge in [0.25, 0.3) is 17.4 Å². The van der Waals surface area contributed by atoms with Crippen molar-refractivity contribution in [2.75, 3.05) is 13.2 Å². The Morgan fingerprint density at radius 1 is 0.973 bits per heavy atom. The van der Waals surface area contributed by atoms with Crippen LogP contribution in [0.2, 0.25) is 5.02 Å². The molecule has 0 unspecified atom stereocenters. The van der Waals surface area contributed by atoms with Gasteiger partial charge in [-0.25, -0.2) is 27.7 Å². The van der Waals surface area contributed by atoms with E-state index < -0.39 is 52.9 Å². The number of carbonyl (C=O) groups is 2. The number of rotatable bonds is 7. The van der Waals surface area contributed by atoms with Gasteiger partial charge in [-0.2, -0.15) is 0 Å². The molecule has 11 nitrogen and oxygen atoms in total. The second-order valence-electron chi connectivity index (χ2n) is 7.70. The van der Waals surface area contributed by atoms with Gasteiger partial charge in [0, 0.05) is 11.6 Å². The van der Waals surface area contributed by atoms with E-state index in [1.54, 1.807) is 0 Å². The molecule has 2 aromatic heterocycles. The molecule has 0 radical (unpaired) electrons. The second kappa shape index (κ2) is 10.4. The molecule has 0 aliphatic rings. The molecule has 0 spiro atoms. The lowest BCUT2D eigenvalue weighted by Gasteiger charge is -2.11. The van der Waals surface area contributed by atoms with E-state index in [9.17, 15) is 38.2 Å². The standard InChI is InChI=1S/C23H17ClF2N4O7/c24-20-21(37-10-13-2-3-14(25)6-15(13)26)27-11-28(22(20)35)7-12-1-4-16-17(5-12)30(19(34)9-32)23(36)29(16)18(33)8-31/h1-6,11,31-32H,7-10H2. The molecule has 37 heavy (non-hydrogen) atoms. The van der Waals surface area contributed by atoms with Gasteiger partial charge in [-0.05, 0) is 29.8 Å². The lowest BCUT2D eigenvalue weighted by atomic mass is 10.2. The van der Waals surface area contributed by atoms with Crippen molar-refractivity contribution in [1.82, 2.24) is 18.7 Å². The Kier molecular flexibility index (Phi) is 7.29. The monoisotopic (exact) mass is 534 g/mol. The first kappa shape index (κ1) is 25.9. The van der Waals surface area contributed by atoms with E-state index in [1.807, 2.05) is 0 Å². The minimum absolute atomic E-state index is 0.00915. The minimum Gasteiger partial charge on any atom is -0.471 e. The lowest BCUT2D eigenvalue weighted by Crippen LogP contribution is -2.34. The number of aliphatic hydroxyl groups is 2. The van der Waals surface area contributed by atoms with Crippen molar-refractivity contribution in [3.05, 3.63) is 91.3 Å². The minimum atomic E-state index is -1.06. The molecule has 0 fully saturated rings. The van der Waals surface area contributed by atoms with Crippen molar-refractivity contribution < 1.29 is 33.3 Å². The molecule has 0 bridgehead atoms. The molecule has 0 aliphatic carbocycles. The molecule has 0 saturated heterocycles. The summed E-state index contributed by atoms with van der Waals surface area (Å²) in [4.78, 5) is 53.6. The summed E-state index contributed by atoms with van der Waals surface area (Å²) in [6.45, 7) is -2.50. The highest BCUT2D eigenvalue weighted by Crippen LogP contribution is 2.20. The maximum atomic E-state index is 13.8. The number of nitrogens with zero attached hydrogens (tertiary/aromatic N) is 4. The molecule has 0 atom stereocenters. The quantitative estimate of drug-likeness (QED) is 0.359. The predicted molar refractivity (Wildman–Crippen MR) is 125 cm³/mol.